The van der Waals surface area contributed by atoms with E-state index in [1.807, 2.05) is 12.1 Å². The number of hydrogen-bond donors (Lipinski definition) is 1. The molecule has 1 aliphatic heterocycles. The lowest BCUT2D eigenvalue weighted by Crippen LogP contribution is -2.50. The summed E-state index contributed by atoms with van der Waals surface area (Å²) in [6, 6.07) is 36.2. The molecule has 0 unspecified atom stereocenters. The summed E-state index contributed by atoms with van der Waals surface area (Å²) in [6.07, 6.45) is 3.47. The number of carbonyl (C=O) groups excluding carboxylic acids is 1. The highest BCUT2D eigenvalue weighted by Gasteiger charge is 2.30. The van der Waals surface area contributed by atoms with Gasteiger partial charge >= 0.3 is 0 Å². The highest BCUT2D eigenvalue weighted by Crippen LogP contribution is 2.37. The molecule has 1 atom stereocenters. The topological polar surface area (TPSA) is 48.6 Å². The Labute approximate surface area is 248 Å². The largest absolute Gasteiger partial charge is 0.497 e. The molecule has 1 amide bonds. The van der Waals surface area contributed by atoms with Crippen LogP contribution in [0, 0.1) is 0 Å². The van der Waals surface area contributed by atoms with E-state index in [0.717, 1.165) is 41.9 Å². The minimum absolute atomic E-state index is 0.0760. The van der Waals surface area contributed by atoms with Gasteiger partial charge in [0.25, 0.3) is 0 Å². The summed E-state index contributed by atoms with van der Waals surface area (Å²) in [6.45, 7) is 5.27. The molecular weight excluding hydrogens is 518 g/mol. The molecule has 4 aromatic carbocycles. The first-order valence-corrected chi connectivity index (χ1v) is 15.0. The number of rotatable bonds is 9. The van der Waals surface area contributed by atoms with Gasteiger partial charge in [0.15, 0.2) is 0 Å². The fourth-order valence-corrected chi connectivity index (χ4v) is 6.51. The Morgan fingerprint density at radius 2 is 1.45 bits per heavy atom. The maximum absolute atomic E-state index is 14.0. The van der Waals surface area contributed by atoms with Gasteiger partial charge in [-0.1, -0.05) is 97.9 Å². The lowest BCUT2D eigenvalue weighted by Gasteiger charge is -2.40. The number of aromatic amines is 1. The zero-order valence-corrected chi connectivity index (χ0v) is 24.5. The average molecular weight is 558 g/mol. The van der Waals surface area contributed by atoms with Gasteiger partial charge in [-0.2, -0.15) is 0 Å². The number of ether oxygens (including phenoxy) is 1. The van der Waals surface area contributed by atoms with Gasteiger partial charge in [-0.3, -0.25) is 9.69 Å². The summed E-state index contributed by atoms with van der Waals surface area (Å²) >= 11 is 0. The fraction of sp³-hybridized carbons (Fsp3) is 0.270. The minimum atomic E-state index is -0.0760. The summed E-state index contributed by atoms with van der Waals surface area (Å²) < 4.78 is 5.57. The van der Waals surface area contributed by atoms with Crippen molar-refractivity contribution in [3.05, 3.63) is 137 Å². The number of fused-ring (bicyclic) bond motifs is 1. The first kappa shape index (κ1) is 27.8. The molecule has 5 aromatic rings. The van der Waals surface area contributed by atoms with Crippen LogP contribution in [-0.4, -0.2) is 54.0 Å². The zero-order valence-electron chi connectivity index (χ0n) is 24.5. The summed E-state index contributed by atoms with van der Waals surface area (Å²) in [5, 5.41) is 1.19. The third-order valence-corrected chi connectivity index (χ3v) is 8.73. The molecule has 0 radical (unpaired) electrons. The van der Waals surface area contributed by atoms with Crippen molar-refractivity contribution in [2.75, 3.05) is 33.3 Å². The lowest BCUT2D eigenvalue weighted by molar-refractivity contribution is -0.133. The molecule has 214 valence electrons. The third kappa shape index (κ3) is 5.70. The molecule has 2 heterocycles. The van der Waals surface area contributed by atoms with E-state index in [-0.39, 0.29) is 17.9 Å². The number of amides is 1. The molecule has 0 saturated carbocycles. The standard InChI is InChI=1S/C37H39N3O2/c1-3-27-16-11-19-32-34(26-38-36(27)32)33(30-17-10-18-31(24-30)42-2)25-35(41)39-20-22-40(23-21-39)37(28-12-6-4-7-13-28)29-14-8-5-9-15-29/h4-19,24,26,33,37-38H,3,20-23,25H2,1-2H3/t33-/m0/s1. The van der Waals surface area contributed by atoms with Crippen molar-refractivity contribution < 1.29 is 9.53 Å². The van der Waals surface area contributed by atoms with E-state index < -0.39 is 0 Å². The van der Waals surface area contributed by atoms with Crippen LogP contribution in [0.15, 0.2) is 109 Å². The Morgan fingerprint density at radius 3 is 2.10 bits per heavy atom. The first-order chi connectivity index (χ1) is 20.7. The maximum atomic E-state index is 14.0. The van der Waals surface area contributed by atoms with Crippen molar-refractivity contribution in [2.45, 2.75) is 31.7 Å². The number of nitrogens with zero attached hydrogens (tertiary/aromatic N) is 2. The van der Waals surface area contributed by atoms with Crippen molar-refractivity contribution in [1.29, 1.82) is 0 Å². The first-order valence-electron chi connectivity index (χ1n) is 15.0. The molecule has 5 heteroatoms. The van der Waals surface area contributed by atoms with Crippen LogP contribution in [-0.2, 0) is 11.2 Å². The Morgan fingerprint density at radius 1 is 0.810 bits per heavy atom. The van der Waals surface area contributed by atoms with E-state index in [1.165, 1.54) is 22.1 Å². The monoisotopic (exact) mass is 557 g/mol. The number of H-pyrrole nitrogens is 1. The van der Waals surface area contributed by atoms with Crippen LogP contribution in [0.2, 0.25) is 0 Å². The Hall–Kier alpha value is -4.35. The molecule has 1 aromatic heterocycles. The van der Waals surface area contributed by atoms with E-state index >= 15 is 0 Å². The number of piperazine rings is 1. The Bertz CT molecular complexity index is 1580. The van der Waals surface area contributed by atoms with Gasteiger partial charge in [0.1, 0.15) is 5.75 Å². The van der Waals surface area contributed by atoms with Gasteiger partial charge in [0.05, 0.1) is 13.2 Å². The van der Waals surface area contributed by atoms with Crippen molar-refractivity contribution in [2.24, 2.45) is 0 Å². The minimum Gasteiger partial charge on any atom is -0.497 e. The molecule has 0 bridgehead atoms. The molecule has 5 nitrogen and oxygen atoms in total. The number of hydrogen-bond acceptors (Lipinski definition) is 3. The van der Waals surface area contributed by atoms with Crippen molar-refractivity contribution in [3.63, 3.8) is 0 Å². The van der Waals surface area contributed by atoms with Crippen LogP contribution in [0.5, 0.6) is 5.75 Å². The molecular formula is C37H39N3O2. The highest BCUT2D eigenvalue weighted by atomic mass is 16.5. The molecule has 1 aliphatic rings. The van der Waals surface area contributed by atoms with E-state index in [9.17, 15) is 4.79 Å². The molecule has 42 heavy (non-hydrogen) atoms. The number of methoxy groups -OCH3 is 1. The van der Waals surface area contributed by atoms with Gasteiger partial charge in [-0.25, -0.2) is 0 Å². The van der Waals surface area contributed by atoms with Crippen molar-refractivity contribution in [1.82, 2.24) is 14.8 Å². The summed E-state index contributed by atoms with van der Waals surface area (Å²) in [4.78, 5) is 22.1. The predicted octanol–water partition coefficient (Wildman–Crippen LogP) is 7.19. The number of nitrogens with one attached hydrogen (secondary N) is 1. The quantitative estimate of drug-likeness (QED) is 0.209. The maximum Gasteiger partial charge on any atom is 0.223 e. The molecule has 1 saturated heterocycles. The van der Waals surface area contributed by atoms with Gasteiger partial charge in [-0.15, -0.1) is 0 Å². The van der Waals surface area contributed by atoms with Gasteiger partial charge in [0, 0.05) is 55.6 Å². The summed E-state index contributed by atoms with van der Waals surface area (Å²) in [5.74, 6) is 0.924. The number of para-hydroxylation sites is 1. The van der Waals surface area contributed by atoms with Crippen LogP contribution in [0.25, 0.3) is 10.9 Å². The second-order valence-corrected chi connectivity index (χ2v) is 11.1. The van der Waals surface area contributed by atoms with Crippen LogP contribution in [0.4, 0.5) is 0 Å². The molecule has 6 rings (SSSR count). The Kier molecular flexibility index (Phi) is 8.38. The molecule has 1 N–H and O–H groups in total. The lowest BCUT2D eigenvalue weighted by atomic mass is 9.87. The average Bonchev–Trinajstić information content (AvgIpc) is 3.49. The summed E-state index contributed by atoms with van der Waals surface area (Å²) in [5.41, 5.74) is 7.28. The van der Waals surface area contributed by atoms with Crippen LogP contribution in [0.3, 0.4) is 0 Å². The number of aromatic nitrogens is 1. The number of carbonyl (C=O) groups is 1. The SMILES string of the molecule is CCc1cccc2c([C@@H](CC(=O)N3CCN(C(c4ccccc4)c4ccccc4)CC3)c3cccc(OC)c3)c[nH]c12. The predicted molar refractivity (Wildman–Crippen MR) is 170 cm³/mol. The second kappa shape index (κ2) is 12.7. The molecule has 1 fully saturated rings. The van der Waals surface area contributed by atoms with Crippen molar-refractivity contribution >= 4 is 16.8 Å². The van der Waals surface area contributed by atoms with Crippen LogP contribution < -0.4 is 4.74 Å². The van der Waals surface area contributed by atoms with Crippen molar-refractivity contribution in [3.8, 4) is 5.75 Å². The highest BCUT2D eigenvalue weighted by molar-refractivity contribution is 5.88. The normalized spacial score (nSPS) is 14.8. The summed E-state index contributed by atoms with van der Waals surface area (Å²) in [7, 11) is 1.69. The van der Waals surface area contributed by atoms with E-state index in [1.54, 1.807) is 7.11 Å². The second-order valence-electron chi connectivity index (χ2n) is 11.1. The number of benzene rings is 4. The van der Waals surface area contributed by atoms with E-state index in [2.05, 4.69) is 119 Å². The zero-order chi connectivity index (χ0) is 28.9. The van der Waals surface area contributed by atoms with E-state index in [0.29, 0.717) is 19.5 Å². The third-order valence-electron chi connectivity index (χ3n) is 8.73. The smallest absolute Gasteiger partial charge is 0.223 e. The van der Waals surface area contributed by atoms with Crippen LogP contribution >= 0.6 is 0 Å². The van der Waals surface area contributed by atoms with Gasteiger partial charge in [-0.05, 0) is 46.4 Å². The number of aryl methyl sites for hydroxylation is 1. The fourth-order valence-electron chi connectivity index (χ4n) is 6.51. The molecule has 0 spiro atoms. The van der Waals surface area contributed by atoms with Crippen LogP contribution in [0.1, 0.15) is 53.1 Å². The molecule has 0 aliphatic carbocycles. The van der Waals surface area contributed by atoms with E-state index in [4.69, 9.17) is 4.74 Å². The van der Waals surface area contributed by atoms with Gasteiger partial charge in [0.2, 0.25) is 5.91 Å². The van der Waals surface area contributed by atoms with Gasteiger partial charge < -0.3 is 14.6 Å². The Balaban J connectivity index is 1.24.